The van der Waals surface area contributed by atoms with Crippen LogP contribution in [0.1, 0.15) is 114 Å². The molecule has 0 bridgehead atoms. The predicted octanol–water partition coefficient (Wildman–Crippen LogP) is 14.6. The summed E-state index contributed by atoms with van der Waals surface area (Å²) < 4.78 is 0. The fourth-order valence-electron chi connectivity index (χ4n) is 16.0. The van der Waals surface area contributed by atoms with Crippen molar-refractivity contribution in [3.8, 4) is 0 Å². The Kier molecular flexibility index (Phi) is 9.37. The monoisotopic (exact) mass is 839 g/mol. The standard InChI is InChI=1S/C62H66N2/c1-61(2)52-29-14-11-26-47(52)49-37-35-44(39-56(49)61)63(42-21-5-3-6-22-42)45-36-38-50-48-27-12-15-30-53(48)62(57(50)40-45)54-31-16-13-28-51(54)60-55(62)32-18-34-59(60)64(43-23-7-4-8-24-43)58-33-17-20-41-19-9-10-25-46(41)58/h3-5,7-8,10-12,15-16,18,21,23,25-27,30-33,35-39,43,45,49-51,54,56-57,59H,6,9,13-14,17,19-20,22,24,28-29,34,40H2,1-2H3. The van der Waals surface area contributed by atoms with E-state index in [1.54, 1.807) is 39.0 Å². The van der Waals surface area contributed by atoms with Gasteiger partial charge < -0.3 is 9.80 Å². The van der Waals surface area contributed by atoms with Crippen LogP contribution in [0.5, 0.6) is 0 Å². The summed E-state index contributed by atoms with van der Waals surface area (Å²) in [7, 11) is 0. The van der Waals surface area contributed by atoms with E-state index in [0.29, 0.717) is 47.6 Å². The molecule has 1 spiro atoms. The highest BCUT2D eigenvalue weighted by atomic mass is 15.2. The lowest BCUT2D eigenvalue weighted by Crippen LogP contribution is -2.46. The van der Waals surface area contributed by atoms with Gasteiger partial charge in [-0.3, -0.25) is 0 Å². The largest absolute Gasteiger partial charge is 0.357 e. The van der Waals surface area contributed by atoms with E-state index in [2.05, 4.69) is 176 Å². The van der Waals surface area contributed by atoms with Crippen molar-refractivity contribution in [2.45, 2.75) is 127 Å². The molecule has 13 rings (SSSR count). The third-order valence-corrected chi connectivity index (χ3v) is 18.5. The number of rotatable bonds is 6. The van der Waals surface area contributed by atoms with Gasteiger partial charge >= 0.3 is 0 Å². The molecule has 10 atom stereocenters. The lowest BCUT2D eigenvalue weighted by molar-refractivity contribution is 0.174. The van der Waals surface area contributed by atoms with Crippen molar-refractivity contribution in [1.82, 2.24) is 9.80 Å². The third-order valence-electron chi connectivity index (χ3n) is 18.5. The van der Waals surface area contributed by atoms with E-state index in [-0.39, 0.29) is 16.9 Å². The van der Waals surface area contributed by atoms with Crippen molar-refractivity contribution in [2.24, 2.45) is 35.0 Å². The summed E-state index contributed by atoms with van der Waals surface area (Å²) >= 11 is 0. The van der Waals surface area contributed by atoms with Crippen LogP contribution in [0.4, 0.5) is 0 Å². The maximum atomic E-state index is 2.96. The molecule has 0 heterocycles. The van der Waals surface area contributed by atoms with Crippen molar-refractivity contribution in [3.05, 3.63) is 214 Å². The topological polar surface area (TPSA) is 6.48 Å². The zero-order chi connectivity index (χ0) is 42.6. The molecule has 10 unspecified atom stereocenters. The Morgan fingerprint density at radius 2 is 1.56 bits per heavy atom. The Hall–Kier alpha value is -5.08. The van der Waals surface area contributed by atoms with Crippen molar-refractivity contribution in [2.75, 3.05) is 0 Å². The number of fused-ring (bicyclic) bond motifs is 11. The molecule has 1 aromatic carbocycles. The number of benzene rings is 1. The third kappa shape index (κ3) is 5.69. The molecular weight excluding hydrogens is 773 g/mol. The summed E-state index contributed by atoms with van der Waals surface area (Å²) in [5.41, 5.74) is 17.7. The van der Waals surface area contributed by atoms with Gasteiger partial charge in [-0.05, 0) is 158 Å². The first-order valence-corrected chi connectivity index (χ1v) is 25.5. The van der Waals surface area contributed by atoms with E-state index >= 15 is 0 Å². The summed E-state index contributed by atoms with van der Waals surface area (Å²) in [6.07, 6.45) is 68.1. The number of hydrogen-bond acceptors (Lipinski definition) is 2. The summed E-state index contributed by atoms with van der Waals surface area (Å²) in [6, 6.07) is 10.8. The van der Waals surface area contributed by atoms with Crippen LogP contribution in [0.25, 0.3) is 0 Å². The Balaban J connectivity index is 0.947. The normalized spacial score (nSPS) is 36.6. The van der Waals surface area contributed by atoms with Crippen LogP contribution in [-0.4, -0.2) is 27.9 Å². The first-order chi connectivity index (χ1) is 31.5. The molecule has 0 amide bonds. The van der Waals surface area contributed by atoms with Crippen molar-refractivity contribution in [3.63, 3.8) is 0 Å². The van der Waals surface area contributed by atoms with Gasteiger partial charge in [0.15, 0.2) is 0 Å². The second-order valence-corrected chi connectivity index (χ2v) is 21.6. The molecule has 0 saturated carbocycles. The first kappa shape index (κ1) is 39.3. The SMILES string of the molecule is CC1(C)C2=C(C=CCC2)C2C=CC(N(C3=CC=CCC3)C3C=CC4c5ccccc5C5(C6=C(C7CCC=CC75)C(N(C5=CCCC7=C5C=CCC7)C5C=CC=CC5)CC=C6)C4C3)=CC21. The fourth-order valence-corrected chi connectivity index (χ4v) is 16.0. The highest BCUT2D eigenvalue weighted by Crippen LogP contribution is 2.70. The van der Waals surface area contributed by atoms with Crippen molar-refractivity contribution >= 4 is 0 Å². The van der Waals surface area contributed by atoms with Gasteiger partial charge in [-0.1, -0.05) is 165 Å². The van der Waals surface area contributed by atoms with Gasteiger partial charge in [0, 0.05) is 34.3 Å². The second kappa shape index (κ2) is 15.3. The van der Waals surface area contributed by atoms with E-state index in [1.165, 1.54) is 67.6 Å². The van der Waals surface area contributed by atoms with Crippen LogP contribution in [0, 0.1) is 35.0 Å². The maximum Gasteiger partial charge on any atom is 0.0552 e. The molecular formula is C62H66N2. The van der Waals surface area contributed by atoms with Gasteiger partial charge in [-0.15, -0.1) is 0 Å². The number of hydrogen-bond donors (Lipinski definition) is 0. The minimum absolute atomic E-state index is 0.0718. The molecule has 64 heavy (non-hydrogen) atoms. The predicted molar refractivity (Wildman–Crippen MR) is 265 cm³/mol. The molecule has 0 saturated heterocycles. The van der Waals surface area contributed by atoms with Crippen molar-refractivity contribution < 1.29 is 0 Å². The van der Waals surface area contributed by atoms with E-state index < -0.39 is 0 Å². The van der Waals surface area contributed by atoms with E-state index in [4.69, 9.17) is 0 Å². The van der Waals surface area contributed by atoms with Gasteiger partial charge in [-0.2, -0.15) is 0 Å². The zero-order valence-electron chi connectivity index (χ0n) is 38.2. The molecule has 12 aliphatic rings. The van der Waals surface area contributed by atoms with Crippen LogP contribution in [0.2, 0.25) is 0 Å². The zero-order valence-corrected chi connectivity index (χ0v) is 38.2. The smallest absolute Gasteiger partial charge is 0.0552 e. The molecule has 1 aromatic rings. The second-order valence-electron chi connectivity index (χ2n) is 21.6. The van der Waals surface area contributed by atoms with Crippen LogP contribution >= 0.6 is 0 Å². The van der Waals surface area contributed by atoms with Crippen molar-refractivity contribution in [1.29, 1.82) is 0 Å². The highest BCUT2D eigenvalue weighted by Gasteiger charge is 2.64. The Morgan fingerprint density at radius 3 is 2.47 bits per heavy atom. The Bertz CT molecular complexity index is 2640. The lowest BCUT2D eigenvalue weighted by atomic mass is 9.58. The molecule has 12 aliphatic carbocycles. The van der Waals surface area contributed by atoms with Crippen LogP contribution < -0.4 is 0 Å². The summed E-state index contributed by atoms with van der Waals surface area (Å²) in [4.78, 5) is 5.80. The minimum atomic E-state index is -0.0718. The van der Waals surface area contributed by atoms with E-state index in [0.717, 1.165) is 38.5 Å². The average molecular weight is 839 g/mol. The Morgan fingerprint density at radius 1 is 0.672 bits per heavy atom. The van der Waals surface area contributed by atoms with Crippen LogP contribution in [0.3, 0.4) is 0 Å². The average Bonchev–Trinajstić information content (AvgIpc) is 3.91. The molecule has 0 aliphatic heterocycles. The minimum Gasteiger partial charge on any atom is -0.357 e. The van der Waals surface area contributed by atoms with Gasteiger partial charge in [0.25, 0.3) is 0 Å². The molecule has 0 radical (unpaired) electrons. The molecule has 0 aromatic heterocycles. The first-order valence-electron chi connectivity index (χ1n) is 25.5. The summed E-state index contributed by atoms with van der Waals surface area (Å²) in [6.45, 7) is 5.08. The van der Waals surface area contributed by atoms with Gasteiger partial charge in [-0.25, -0.2) is 0 Å². The molecule has 2 nitrogen and oxygen atoms in total. The lowest BCUT2D eigenvalue weighted by Gasteiger charge is -2.48. The highest BCUT2D eigenvalue weighted by molar-refractivity contribution is 5.64. The molecule has 0 N–H and O–H groups in total. The van der Waals surface area contributed by atoms with Gasteiger partial charge in [0.1, 0.15) is 0 Å². The molecule has 0 fully saturated rings. The number of allylic oxidation sites excluding steroid dienone is 22. The van der Waals surface area contributed by atoms with Crippen LogP contribution in [0.15, 0.2) is 202 Å². The van der Waals surface area contributed by atoms with E-state index in [1.807, 2.05) is 0 Å². The maximum absolute atomic E-state index is 2.96. The van der Waals surface area contributed by atoms with E-state index in [9.17, 15) is 0 Å². The van der Waals surface area contributed by atoms with Crippen LogP contribution in [-0.2, 0) is 5.41 Å². The fraction of sp³-hybridized carbons (Fsp3) is 0.419. The molecule has 324 valence electrons. The molecule has 2 heteroatoms. The summed E-state index contributed by atoms with van der Waals surface area (Å²) in [5, 5.41) is 0. The Labute approximate surface area is 383 Å². The van der Waals surface area contributed by atoms with Gasteiger partial charge in [0.05, 0.1) is 18.1 Å². The number of nitrogens with zero attached hydrogens (tertiary/aromatic N) is 2. The van der Waals surface area contributed by atoms with Gasteiger partial charge in [0.2, 0.25) is 0 Å². The quantitative estimate of drug-likeness (QED) is 0.263. The summed E-state index contributed by atoms with van der Waals surface area (Å²) in [5.74, 6) is 2.84.